The predicted molar refractivity (Wildman–Crippen MR) is 90.6 cm³/mol. The molecule has 3 rings (SSSR count). The molecule has 1 amide bonds. The van der Waals surface area contributed by atoms with Crippen LogP contribution in [0, 0.1) is 17.8 Å². The normalized spacial score (nSPS) is 29.0. The Morgan fingerprint density at radius 2 is 1.73 bits per heavy atom. The maximum absolute atomic E-state index is 12.7. The zero-order valence-corrected chi connectivity index (χ0v) is 14.2. The first-order valence-electron chi connectivity index (χ1n) is 9.38. The van der Waals surface area contributed by atoms with Crippen molar-refractivity contribution in [1.29, 1.82) is 0 Å². The van der Waals surface area contributed by atoms with Crippen LogP contribution in [-0.4, -0.2) is 48.4 Å². The van der Waals surface area contributed by atoms with Gasteiger partial charge in [-0.3, -0.25) is 4.79 Å². The molecule has 3 heteroatoms. The van der Waals surface area contributed by atoms with Gasteiger partial charge in [-0.15, -0.1) is 0 Å². The number of amides is 1. The molecule has 22 heavy (non-hydrogen) atoms. The van der Waals surface area contributed by atoms with Crippen LogP contribution < -0.4 is 0 Å². The van der Waals surface area contributed by atoms with E-state index in [1.807, 2.05) is 0 Å². The van der Waals surface area contributed by atoms with Crippen LogP contribution in [0.25, 0.3) is 0 Å². The third-order valence-corrected chi connectivity index (χ3v) is 5.93. The highest BCUT2D eigenvalue weighted by Crippen LogP contribution is 2.26. The third-order valence-electron chi connectivity index (χ3n) is 5.93. The summed E-state index contributed by atoms with van der Waals surface area (Å²) in [6.07, 6.45) is 13.1. The van der Waals surface area contributed by atoms with Crippen LogP contribution in [0.3, 0.4) is 0 Å². The summed E-state index contributed by atoms with van der Waals surface area (Å²) in [5.41, 5.74) is 0. The third kappa shape index (κ3) is 4.13. The lowest BCUT2D eigenvalue weighted by Gasteiger charge is -2.37. The number of allylic oxidation sites excluding steroid dienone is 2. The lowest BCUT2D eigenvalue weighted by atomic mass is 9.90. The molecule has 2 saturated heterocycles. The Labute approximate surface area is 135 Å². The summed E-state index contributed by atoms with van der Waals surface area (Å²) in [6, 6.07) is 0. The zero-order chi connectivity index (χ0) is 15.4. The monoisotopic (exact) mass is 304 g/mol. The standard InChI is InChI=1S/C19H32N2O/c1-16-7-13-21(14-8-16)19(22)18-9-11-20(12-10-18)15-17-5-3-2-4-6-17/h2-3,16-18H,4-15H2,1H3. The van der Waals surface area contributed by atoms with Gasteiger partial charge in [0.2, 0.25) is 5.91 Å². The Morgan fingerprint density at radius 3 is 2.36 bits per heavy atom. The van der Waals surface area contributed by atoms with Gasteiger partial charge in [-0.05, 0) is 69.9 Å². The number of rotatable bonds is 3. The molecule has 2 fully saturated rings. The van der Waals surface area contributed by atoms with Gasteiger partial charge < -0.3 is 9.80 Å². The van der Waals surface area contributed by atoms with Crippen molar-refractivity contribution in [2.75, 3.05) is 32.7 Å². The van der Waals surface area contributed by atoms with E-state index in [-0.39, 0.29) is 0 Å². The average molecular weight is 304 g/mol. The van der Waals surface area contributed by atoms with Crippen molar-refractivity contribution < 1.29 is 4.79 Å². The molecular formula is C19H32N2O. The van der Waals surface area contributed by atoms with E-state index in [9.17, 15) is 4.79 Å². The van der Waals surface area contributed by atoms with Crippen LogP contribution >= 0.6 is 0 Å². The molecule has 2 aliphatic heterocycles. The molecule has 1 atom stereocenters. The Bertz CT molecular complexity index is 390. The van der Waals surface area contributed by atoms with E-state index in [1.165, 1.54) is 38.6 Å². The highest BCUT2D eigenvalue weighted by molar-refractivity contribution is 5.79. The Morgan fingerprint density at radius 1 is 1.00 bits per heavy atom. The highest BCUT2D eigenvalue weighted by Gasteiger charge is 2.30. The van der Waals surface area contributed by atoms with Crippen molar-refractivity contribution in [2.24, 2.45) is 17.8 Å². The molecule has 1 aliphatic carbocycles. The molecule has 1 unspecified atom stereocenters. The van der Waals surface area contributed by atoms with Crippen LogP contribution in [0.1, 0.15) is 51.9 Å². The Balaban J connectivity index is 1.41. The molecule has 0 aromatic carbocycles. The number of carbonyl (C=O) groups excluding carboxylic acids is 1. The van der Waals surface area contributed by atoms with Gasteiger partial charge in [0.05, 0.1) is 0 Å². The zero-order valence-electron chi connectivity index (χ0n) is 14.2. The van der Waals surface area contributed by atoms with Gasteiger partial charge in [-0.1, -0.05) is 19.1 Å². The number of hydrogen-bond donors (Lipinski definition) is 0. The van der Waals surface area contributed by atoms with Gasteiger partial charge in [-0.25, -0.2) is 0 Å². The SMILES string of the molecule is CC1CCN(C(=O)C2CCN(CC3CC=CCC3)CC2)CC1. The van der Waals surface area contributed by atoms with Crippen LogP contribution in [-0.2, 0) is 4.79 Å². The molecule has 3 aliphatic rings. The molecule has 0 bridgehead atoms. The molecule has 0 N–H and O–H groups in total. The molecule has 3 nitrogen and oxygen atoms in total. The molecule has 124 valence electrons. The van der Waals surface area contributed by atoms with Gasteiger partial charge >= 0.3 is 0 Å². The molecular weight excluding hydrogens is 272 g/mol. The minimum atomic E-state index is 0.302. The minimum absolute atomic E-state index is 0.302. The van der Waals surface area contributed by atoms with Crippen molar-refractivity contribution in [2.45, 2.75) is 51.9 Å². The summed E-state index contributed by atoms with van der Waals surface area (Å²) in [7, 11) is 0. The van der Waals surface area contributed by atoms with Crippen molar-refractivity contribution >= 4 is 5.91 Å². The number of hydrogen-bond acceptors (Lipinski definition) is 2. The van der Waals surface area contributed by atoms with Gasteiger partial charge in [0.25, 0.3) is 0 Å². The van der Waals surface area contributed by atoms with Crippen LogP contribution in [0.15, 0.2) is 12.2 Å². The second-order valence-corrected chi connectivity index (χ2v) is 7.73. The Kier molecular flexibility index (Phi) is 5.56. The Hall–Kier alpha value is -0.830. The van der Waals surface area contributed by atoms with Crippen molar-refractivity contribution in [3.8, 4) is 0 Å². The van der Waals surface area contributed by atoms with Crippen LogP contribution in [0.5, 0.6) is 0 Å². The van der Waals surface area contributed by atoms with Crippen molar-refractivity contribution in [3.63, 3.8) is 0 Å². The van der Waals surface area contributed by atoms with Gasteiger partial charge in [0, 0.05) is 25.6 Å². The first kappa shape index (κ1) is 16.0. The van der Waals surface area contributed by atoms with E-state index in [1.54, 1.807) is 0 Å². The summed E-state index contributed by atoms with van der Waals surface area (Å²) >= 11 is 0. The maximum atomic E-state index is 12.7. The fourth-order valence-corrected chi connectivity index (χ4v) is 4.24. The van der Waals surface area contributed by atoms with E-state index in [0.717, 1.165) is 50.9 Å². The summed E-state index contributed by atoms with van der Waals surface area (Å²) < 4.78 is 0. The summed E-state index contributed by atoms with van der Waals surface area (Å²) in [4.78, 5) is 17.4. The summed E-state index contributed by atoms with van der Waals surface area (Å²) in [5.74, 6) is 2.40. The average Bonchev–Trinajstić information content (AvgIpc) is 2.57. The lowest BCUT2D eigenvalue weighted by Crippen LogP contribution is -2.46. The molecule has 0 spiro atoms. The van der Waals surface area contributed by atoms with E-state index < -0.39 is 0 Å². The topological polar surface area (TPSA) is 23.6 Å². The van der Waals surface area contributed by atoms with Gasteiger partial charge in [0.15, 0.2) is 0 Å². The summed E-state index contributed by atoms with van der Waals surface area (Å²) in [6.45, 7) is 7.79. The first-order valence-corrected chi connectivity index (χ1v) is 9.38. The quantitative estimate of drug-likeness (QED) is 0.747. The smallest absolute Gasteiger partial charge is 0.225 e. The molecule has 0 saturated carbocycles. The van der Waals surface area contributed by atoms with Gasteiger partial charge in [0.1, 0.15) is 0 Å². The molecule has 0 radical (unpaired) electrons. The number of piperidine rings is 2. The number of nitrogens with zero attached hydrogens (tertiary/aromatic N) is 2. The lowest BCUT2D eigenvalue weighted by molar-refractivity contribution is -0.138. The second-order valence-electron chi connectivity index (χ2n) is 7.73. The second kappa shape index (κ2) is 7.63. The van der Waals surface area contributed by atoms with Gasteiger partial charge in [-0.2, -0.15) is 0 Å². The van der Waals surface area contributed by atoms with Crippen LogP contribution in [0.4, 0.5) is 0 Å². The molecule has 2 heterocycles. The van der Waals surface area contributed by atoms with E-state index in [4.69, 9.17) is 0 Å². The summed E-state index contributed by atoms with van der Waals surface area (Å²) in [5, 5.41) is 0. The largest absolute Gasteiger partial charge is 0.342 e. The van der Waals surface area contributed by atoms with E-state index in [2.05, 4.69) is 28.9 Å². The maximum Gasteiger partial charge on any atom is 0.225 e. The minimum Gasteiger partial charge on any atom is -0.342 e. The van der Waals surface area contributed by atoms with E-state index >= 15 is 0 Å². The highest BCUT2D eigenvalue weighted by atomic mass is 16.2. The van der Waals surface area contributed by atoms with Crippen molar-refractivity contribution in [1.82, 2.24) is 9.80 Å². The van der Waals surface area contributed by atoms with Crippen LogP contribution in [0.2, 0.25) is 0 Å². The molecule has 0 aromatic rings. The fourth-order valence-electron chi connectivity index (χ4n) is 4.24. The van der Waals surface area contributed by atoms with E-state index in [0.29, 0.717) is 11.8 Å². The number of likely N-dealkylation sites (tertiary alicyclic amines) is 2. The fraction of sp³-hybridized carbons (Fsp3) is 0.842. The predicted octanol–water partition coefficient (Wildman–Crippen LogP) is 3.31. The number of carbonyl (C=O) groups is 1. The first-order chi connectivity index (χ1) is 10.7. The molecule has 0 aromatic heterocycles. The van der Waals surface area contributed by atoms with Crippen molar-refractivity contribution in [3.05, 3.63) is 12.2 Å².